The third-order valence-corrected chi connectivity index (χ3v) is 5.44. The van der Waals surface area contributed by atoms with Gasteiger partial charge in [0.25, 0.3) is 11.8 Å². The molecule has 1 aromatic heterocycles. The Labute approximate surface area is 181 Å². The van der Waals surface area contributed by atoms with Crippen LogP contribution in [0.25, 0.3) is 0 Å². The molecule has 0 aliphatic carbocycles. The summed E-state index contributed by atoms with van der Waals surface area (Å²) in [6.45, 7) is 5.01. The van der Waals surface area contributed by atoms with E-state index >= 15 is 0 Å². The molecule has 2 aromatic carbocycles. The lowest BCUT2D eigenvalue weighted by atomic mass is 9.87. The van der Waals surface area contributed by atoms with Crippen molar-refractivity contribution in [3.8, 4) is 5.75 Å². The summed E-state index contributed by atoms with van der Waals surface area (Å²) in [6.07, 6.45) is 2.25. The Kier molecular flexibility index (Phi) is 6.07. The summed E-state index contributed by atoms with van der Waals surface area (Å²) in [7, 11) is 0. The van der Waals surface area contributed by atoms with Crippen molar-refractivity contribution >= 4 is 11.8 Å². The third-order valence-electron chi connectivity index (χ3n) is 5.44. The van der Waals surface area contributed by atoms with E-state index in [0.717, 1.165) is 23.1 Å². The van der Waals surface area contributed by atoms with E-state index in [1.54, 1.807) is 12.1 Å². The molecule has 2 amide bonds. The van der Waals surface area contributed by atoms with Gasteiger partial charge in [-0.25, -0.2) is 0 Å². The standard InChI is InChI=1S/C25H26N2O4/c1-3-26-23(28)16-31-20-10-9-18-11-12-27(25(29)22-8-5-13-30-22)24(21(18)15-20)19-7-4-6-17(2)14-19/h4-10,13-15,24H,3,11-12,16H2,1-2H3,(H,26,28)/t24-/m0/s1. The number of nitrogens with one attached hydrogen (secondary N) is 1. The number of ether oxygens (including phenoxy) is 1. The minimum atomic E-state index is -0.269. The molecule has 1 atom stereocenters. The fourth-order valence-electron chi connectivity index (χ4n) is 4.04. The molecule has 31 heavy (non-hydrogen) atoms. The maximum Gasteiger partial charge on any atom is 0.290 e. The van der Waals surface area contributed by atoms with Gasteiger partial charge < -0.3 is 19.4 Å². The molecular weight excluding hydrogens is 392 g/mol. The monoisotopic (exact) mass is 418 g/mol. The number of fused-ring (bicyclic) bond motifs is 1. The summed E-state index contributed by atoms with van der Waals surface area (Å²) in [5.74, 6) is 0.626. The Morgan fingerprint density at radius 1 is 1.16 bits per heavy atom. The number of hydrogen-bond donors (Lipinski definition) is 1. The molecule has 0 fully saturated rings. The van der Waals surface area contributed by atoms with Gasteiger partial charge in [-0.2, -0.15) is 0 Å². The molecule has 1 aliphatic heterocycles. The van der Waals surface area contributed by atoms with Crippen LogP contribution in [-0.2, 0) is 11.2 Å². The molecule has 0 saturated heterocycles. The Bertz CT molecular complexity index is 1070. The van der Waals surface area contributed by atoms with E-state index in [4.69, 9.17) is 9.15 Å². The molecule has 1 aliphatic rings. The summed E-state index contributed by atoms with van der Waals surface area (Å²) in [4.78, 5) is 26.9. The van der Waals surface area contributed by atoms with Crippen LogP contribution in [0.5, 0.6) is 5.75 Å². The normalized spacial score (nSPS) is 15.3. The number of carbonyl (C=O) groups excluding carboxylic acids is 2. The molecule has 6 nitrogen and oxygen atoms in total. The lowest BCUT2D eigenvalue weighted by Gasteiger charge is -2.37. The van der Waals surface area contributed by atoms with Crippen LogP contribution in [0.15, 0.2) is 65.3 Å². The van der Waals surface area contributed by atoms with Crippen LogP contribution < -0.4 is 10.1 Å². The van der Waals surface area contributed by atoms with Crippen LogP contribution in [-0.4, -0.2) is 36.4 Å². The Balaban J connectivity index is 1.71. The molecule has 160 valence electrons. The van der Waals surface area contributed by atoms with E-state index in [-0.39, 0.29) is 24.5 Å². The average Bonchev–Trinajstić information content (AvgIpc) is 3.31. The average molecular weight is 418 g/mol. The molecule has 0 unspecified atom stereocenters. The van der Waals surface area contributed by atoms with E-state index in [2.05, 4.69) is 11.4 Å². The molecule has 3 aromatic rings. The largest absolute Gasteiger partial charge is 0.484 e. The quantitative estimate of drug-likeness (QED) is 0.659. The van der Waals surface area contributed by atoms with E-state index < -0.39 is 0 Å². The van der Waals surface area contributed by atoms with Crippen LogP contribution in [0, 0.1) is 6.92 Å². The first-order chi connectivity index (χ1) is 15.1. The lowest BCUT2D eigenvalue weighted by molar-refractivity contribution is -0.122. The number of likely N-dealkylation sites (N-methyl/N-ethyl adjacent to an activating group) is 1. The first kappa shape index (κ1) is 20.7. The van der Waals surface area contributed by atoms with Crippen LogP contribution in [0.4, 0.5) is 0 Å². The minimum Gasteiger partial charge on any atom is -0.484 e. The second-order valence-electron chi connectivity index (χ2n) is 7.65. The second kappa shape index (κ2) is 9.08. The summed E-state index contributed by atoms with van der Waals surface area (Å²) in [5, 5.41) is 2.73. The van der Waals surface area contributed by atoms with Gasteiger partial charge >= 0.3 is 0 Å². The van der Waals surface area contributed by atoms with Crippen molar-refractivity contribution in [2.75, 3.05) is 19.7 Å². The van der Waals surface area contributed by atoms with Gasteiger partial charge in [0, 0.05) is 13.1 Å². The first-order valence-electron chi connectivity index (χ1n) is 10.5. The molecule has 0 saturated carbocycles. The van der Waals surface area contributed by atoms with Crippen molar-refractivity contribution in [1.29, 1.82) is 0 Å². The molecule has 0 spiro atoms. The van der Waals surface area contributed by atoms with Gasteiger partial charge in [0.15, 0.2) is 12.4 Å². The summed E-state index contributed by atoms with van der Waals surface area (Å²) in [5.41, 5.74) is 4.32. The van der Waals surface area contributed by atoms with E-state index in [0.29, 0.717) is 24.6 Å². The summed E-state index contributed by atoms with van der Waals surface area (Å²) >= 11 is 0. The number of hydrogen-bond acceptors (Lipinski definition) is 4. The highest BCUT2D eigenvalue weighted by atomic mass is 16.5. The van der Waals surface area contributed by atoms with Crippen molar-refractivity contribution in [2.45, 2.75) is 26.3 Å². The fourth-order valence-corrected chi connectivity index (χ4v) is 4.04. The number of nitrogens with zero attached hydrogens (tertiary/aromatic N) is 1. The zero-order chi connectivity index (χ0) is 21.8. The number of furan rings is 1. The Hall–Kier alpha value is -3.54. The topological polar surface area (TPSA) is 71.8 Å². The molecule has 0 bridgehead atoms. The second-order valence-corrected chi connectivity index (χ2v) is 7.65. The number of rotatable bonds is 6. The van der Waals surface area contributed by atoms with Gasteiger partial charge in [-0.15, -0.1) is 0 Å². The minimum absolute atomic E-state index is 0.0449. The van der Waals surface area contributed by atoms with Crippen LogP contribution >= 0.6 is 0 Å². The Morgan fingerprint density at radius 3 is 2.77 bits per heavy atom. The molecule has 4 rings (SSSR count). The molecule has 6 heteroatoms. The predicted molar refractivity (Wildman–Crippen MR) is 117 cm³/mol. The van der Waals surface area contributed by atoms with Gasteiger partial charge in [0.2, 0.25) is 0 Å². The number of benzene rings is 2. The highest BCUT2D eigenvalue weighted by Gasteiger charge is 2.34. The van der Waals surface area contributed by atoms with Gasteiger partial charge in [0.1, 0.15) is 5.75 Å². The Morgan fingerprint density at radius 2 is 2.03 bits per heavy atom. The zero-order valence-corrected chi connectivity index (χ0v) is 17.8. The highest BCUT2D eigenvalue weighted by molar-refractivity contribution is 5.92. The number of aryl methyl sites for hydroxylation is 1. The first-order valence-corrected chi connectivity index (χ1v) is 10.5. The van der Waals surface area contributed by atoms with Gasteiger partial charge in [-0.3, -0.25) is 9.59 Å². The van der Waals surface area contributed by atoms with Crippen molar-refractivity contribution in [3.05, 3.63) is 88.9 Å². The molecular formula is C25H26N2O4. The van der Waals surface area contributed by atoms with Gasteiger partial charge in [-0.05, 0) is 61.2 Å². The number of amides is 2. The van der Waals surface area contributed by atoms with Gasteiger partial charge in [0.05, 0.1) is 12.3 Å². The van der Waals surface area contributed by atoms with Crippen molar-refractivity contribution in [1.82, 2.24) is 10.2 Å². The van der Waals surface area contributed by atoms with E-state index in [1.807, 2.05) is 55.1 Å². The SMILES string of the molecule is CCNC(=O)COc1ccc2c(c1)[C@H](c1cccc(C)c1)N(C(=O)c1ccco1)CC2. The highest BCUT2D eigenvalue weighted by Crippen LogP contribution is 2.38. The van der Waals surface area contributed by atoms with E-state index in [1.165, 1.54) is 11.8 Å². The van der Waals surface area contributed by atoms with Crippen molar-refractivity contribution in [2.24, 2.45) is 0 Å². The maximum atomic E-state index is 13.3. The summed E-state index contributed by atoms with van der Waals surface area (Å²) < 4.78 is 11.1. The fraction of sp³-hybridized carbons (Fsp3) is 0.280. The molecule has 2 heterocycles. The number of carbonyl (C=O) groups is 2. The van der Waals surface area contributed by atoms with Crippen LogP contribution in [0.1, 0.15) is 45.8 Å². The van der Waals surface area contributed by atoms with Crippen LogP contribution in [0.3, 0.4) is 0 Å². The molecule has 0 radical (unpaired) electrons. The summed E-state index contributed by atoms with van der Waals surface area (Å²) in [6, 6.07) is 17.2. The third kappa shape index (κ3) is 4.48. The predicted octanol–water partition coefficient (Wildman–Crippen LogP) is 3.89. The molecule has 1 N–H and O–H groups in total. The zero-order valence-electron chi connectivity index (χ0n) is 17.8. The maximum absolute atomic E-state index is 13.3. The smallest absolute Gasteiger partial charge is 0.290 e. The van der Waals surface area contributed by atoms with E-state index in [9.17, 15) is 9.59 Å². The van der Waals surface area contributed by atoms with Crippen molar-refractivity contribution < 1.29 is 18.7 Å². The van der Waals surface area contributed by atoms with Crippen molar-refractivity contribution in [3.63, 3.8) is 0 Å². The lowest BCUT2D eigenvalue weighted by Crippen LogP contribution is -2.40. The van der Waals surface area contributed by atoms with Crippen LogP contribution in [0.2, 0.25) is 0 Å². The van der Waals surface area contributed by atoms with Gasteiger partial charge in [-0.1, -0.05) is 35.9 Å².